The second-order valence-corrected chi connectivity index (χ2v) is 4.06. The molecule has 0 aliphatic rings. The molecular weight excluding hydrogens is 268 g/mol. The van der Waals surface area contributed by atoms with Crippen molar-refractivity contribution in [3.63, 3.8) is 0 Å². The van der Waals surface area contributed by atoms with Gasteiger partial charge < -0.3 is 4.74 Å². The van der Waals surface area contributed by atoms with Gasteiger partial charge in [0.25, 0.3) is 5.82 Å². The highest BCUT2D eigenvalue weighted by atomic mass is 35.5. The van der Waals surface area contributed by atoms with Gasteiger partial charge in [0.15, 0.2) is 5.78 Å². The fourth-order valence-corrected chi connectivity index (χ4v) is 1.76. The van der Waals surface area contributed by atoms with Crippen LogP contribution < -0.4 is 4.74 Å². The third kappa shape index (κ3) is 2.89. The van der Waals surface area contributed by atoms with Crippen molar-refractivity contribution < 1.29 is 9.53 Å². The summed E-state index contributed by atoms with van der Waals surface area (Å²) in [5, 5.41) is 12.8. The number of nitrogens with zero attached hydrogens (tertiary/aromatic N) is 4. The Morgan fingerprint density at radius 1 is 1.58 bits per heavy atom. The molecule has 96 valence electrons. The van der Waals surface area contributed by atoms with Crippen molar-refractivity contribution in [1.29, 1.82) is 5.26 Å². The molecule has 0 spiro atoms. The molecule has 2 aromatic rings. The number of nitriles is 1. The average molecular weight is 277 g/mol. The Labute approximate surface area is 114 Å². The van der Waals surface area contributed by atoms with E-state index in [9.17, 15) is 4.79 Å². The minimum Gasteiger partial charge on any atom is -0.495 e. The Kier molecular flexibility index (Phi) is 3.78. The molecule has 0 bridgehead atoms. The predicted molar refractivity (Wildman–Crippen MR) is 67.1 cm³/mol. The predicted octanol–water partition coefficient (Wildman–Crippen LogP) is 1.69. The molecule has 0 fully saturated rings. The lowest BCUT2D eigenvalue weighted by molar-refractivity contribution is 0.0967. The highest BCUT2D eigenvalue weighted by Gasteiger charge is 2.11. The van der Waals surface area contributed by atoms with Crippen molar-refractivity contribution in [2.75, 3.05) is 7.11 Å². The number of ether oxygens (including phenoxy) is 1. The number of Topliss-reactive ketones (excluding diaryl/α,β-unsaturated/α-hetero) is 1. The molecule has 0 aliphatic heterocycles. The largest absolute Gasteiger partial charge is 0.495 e. The van der Waals surface area contributed by atoms with E-state index < -0.39 is 0 Å². The maximum Gasteiger partial charge on any atom is 0.252 e. The molecule has 0 radical (unpaired) electrons. The molecule has 19 heavy (non-hydrogen) atoms. The number of aromatic nitrogens is 3. The summed E-state index contributed by atoms with van der Waals surface area (Å²) in [5.74, 6) is 0.352. The van der Waals surface area contributed by atoms with Crippen LogP contribution in [0.15, 0.2) is 24.5 Å². The maximum atomic E-state index is 12.0. The second kappa shape index (κ2) is 5.50. The Hall–Kier alpha value is -2.39. The summed E-state index contributed by atoms with van der Waals surface area (Å²) >= 11 is 5.95. The highest BCUT2D eigenvalue weighted by Crippen LogP contribution is 2.25. The van der Waals surface area contributed by atoms with E-state index in [1.165, 1.54) is 24.2 Å². The monoisotopic (exact) mass is 276 g/mol. The van der Waals surface area contributed by atoms with Crippen LogP contribution in [0, 0.1) is 11.3 Å². The van der Waals surface area contributed by atoms with Gasteiger partial charge in [0.1, 0.15) is 24.7 Å². The van der Waals surface area contributed by atoms with Gasteiger partial charge in [-0.25, -0.2) is 9.67 Å². The number of carbonyl (C=O) groups excluding carboxylic acids is 1. The van der Waals surface area contributed by atoms with Crippen LogP contribution >= 0.6 is 11.6 Å². The molecule has 0 saturated heterocycles. The number of carbonyl (C=O) groups is 1. The van der Waals surface area contributed by atoms with Crippen LogP contribution in [0.2, 0.25) is 5.02 Å². The topological polar surface area (TPSA) is 80.8 Å². The van der Waals surface area contributed by atoms with Gasteiger partial charge in [-0.1, -0.05) is 11.6 Å². The van der Waals surface area contributed by atoms with Gasteiger partial charge in [0.2, 0.25) is 0 Å². The van der Waals surface area contributed by atoms with Crippen LogP contribution in [-0.2, 0) is 6.54 Å². The van der Waals surface area contributed by atoms with Crippen LogP contribution in [0.1, 0.15) is 16.2 Å². The minimum absolute atomic E-state index is 0.00264. The smallest absolute Gasteiger partial charge is 0.252 e. The molecule has 7 heteroatoms. The van der Waals surface area contributed by atoms with Crippen LogP contribution in [0.3, 0.4) is 0 Å². The van der Waals surface area contributed by atoms with Gasteiger partial charge in [-0.15, -0.1) is 5.10 Å². The SMILES string of the molecule is COc1ccc(C(=O)Cn2cnc(C#N)n2)cc1Cl. The summed E-state index contributed by atoms with van der Waals surface area (Å²) < 4.78 is 6.31. The average Bonchev–Trinajstić information content (AvgIpc) is 2.86. The van der Waals surface area contributed by atoms with Gasteiger partial charge in [0, 0.05) is 5.56 Å². The lowest BCUT2D eigenvalue weighted by atomic mass is 10.1. The number of hydrogen-bond donors (Lipinski definition) is 0. The fourth-order valence-electron chi connectivity index (χ4n) is 1.50. The van der Waals surface area contributed by atoms with Crippen LogP contribution in [-0.4, -0.2) is 27.7 Å². The van der Waals surface area contributed by atoms with E-state index in [-0.39, 0.29) is 18.2 Å². The zero-order chi connectivity index (χ0) is 13.8. The zero-order valence-electron chi connectivity index (χ0n) is 10.00. The molecule has 6 nitrogen and oxygen atoms in total. The van der Waals surface area contributed by atoms with Crippen LogP contribution in [0.4, 0.5) is 0 Å². The van der Waals surface area contributed by atoms with E-state index >= 15 is 0 Å². The normalized spacial score (nSPS) is 9.95. The van der Waals surface area contributed by atoms with Crippen molar-refractivity contribution >= 4 is 17.4 Å². The Morgan fingerprint density at radius 3 is 2.95 bits per heavy atom. The van der Waals surface area contributed by atoms with Gasteiger partial charge >= 0.3 is 0 Å². The van der Waals surface area contributed by atoms with Gasteiger partial charge in [-0.2, -0.15) is 5.26 Å². The number of halogens is 1. The Balaban J connectivity index is 2.16. The first kappa shape index (κ1) is 13.1. The van der Waals surface area contributed by atoms with Gasteiger partial charge in [-0.3, -0.25) is 4.79 Å². The van der Waals surface area contributed by atoms with Crippen LogP contribution in [0.25, 0.3) is 0 Å². The molecule has 0 saturated carbocycles. The maximum absolute atomic E-state index is 12.0. The summed E-state index contributed by atoms with van der Waals surface area (Å²) in [6.45, 7) is -0.00264. The Bertz CT molecular complexity index is 660. The van der Waals surface area contributed by atoms with E-state index in [1.54, 1.807) is 18.2 Å². The first-order chi connectivity index (χ1) is 9.13. The van der Waals surface area contributed by atoms with Gasteiger partial charge in [-0.05, 0) is 18.2 Å². The first-order valence-electron chi connectivity index (χ1n) is 5.30. The minimum atomic E-state index is -0.182. The number of rotatable bonds is 4. The van der Waals surface area contributed by atoms with Crippen molar-refractivity contribution in [2.24, 2.45) is 0 Å². The molecule has 0 amide bonds. The molecule has 0 unspecified atom stereocenters. The number of ketones is 1. The van der Waals surface area contributed by atoms with Gasteiger partial charge in [0.05, 0.1) is 12.1 Å². The Morgan fingerprint density at radius 2 is 2.37 bits per heavy atom. The second-order valence-electron chi connectivity index (χ2n) is 3.65. The lowest BCUT2D eigenvalue weighted by Crippen LogP contribution is -2.11. The standard InChI is InChI=1S/C12H9ClN4O2/c1-19-11-3-2-8(4-9(11)13)10(18)6-17-7-15-12(5-14)16-17/h2-4,7H,6H2,1H3. The number of benzene rings is 1. The molecule has 0 atom stereocenters. The lowest BCUT2D eigenvalue weighted by Gasteiger charge is -2.05. The first-order valence-corrected chi connectivity index (χ1v) is 5.68. The van der Waals surface area contributed by atoms with Crippen molar-refractivity contribution in [2.45, 2.75) is 6.54 Å². The molecule has 1 aromatic heterocycles. The van der Waals surface area contributed by atoms with E-state index in [4.69, 9.17) is 21.6 Å². The summed E-state index contributed by atoms with van der Waals surface area (Å²) in [6, 6.07) is 6.57. The molecule has 0 N–H and O–H groups in total. The third-order valence-electron chi connectivity index (χ3n) is 2.42. The number of methoxy groups -OCH3 is 1. The van der Waals surface area contributed by atoms with Crippen molar-refractivity contribution in [3.8, 4) is 11.8 Å². The molecular formula is C12H9ClN4O2. The highest BCUT2D eigenvalue weighted by molar-refractivity contribution is 6.32. The van der Waals surface area contributed by atoms with E-state index in [1.807, 2.05) is 0 Å². The summed E-state index contributed by atoms with van der Waals surface area (Å²) in [7, 11) is 1.50. The molecule has 0 aliphatic carbocycles. The quantitative estimate of drug-likeness (QED) is 0.794. The van der Waals surface area contributed by atoms with E-state index in [2.05, 4.69) is 10.1 Å². The molecule has 2 rings (SSSR count). The summed E-state index contributed by atoms with van der Waals surface area (Å²) in [6.07, 6.45) is 1.33. The van der Waals surface area contributed by atoms with E-state index in [0.717, 1.165) is 0 Å². The zero-order valence-corrected chi connectivity index (χ0v) is 10.8. The molecule has 1 heterocycles. The van der Waals surface area contributed by atoms with E-state index in [0.29, 0.717) is 16.3 Å². The van der Waals surface area contributed by atoms with Crippen LogP contribution in [0.5, 0.6) is 5.75 Å². The van der Waals surface area contributed by atoms with Crippen molar-refractivity contribution in [3.05, 3.63) is 40.9 Å². The fraction of sp³-hybridized carbons (Fsp3) is 0.167. The number of hydrogen-bond acceptors (Lipinski definition) is 5. The van der Waals surface area contributed by atoms with Crippen molar-refractivity contribution in [1.82, 2.24) is 14.8 Å². The summed E-state index contributed by atoms with van der Waals surface area (Å²) in [5.41, 5.74) is 0.444. The summed E-state index contributed by atoms with van der Waals surface area (Å²) in [4.78, 5) is 15.7. The molecule has 1 aromatic carbocycles. The third-order valence-corrected chi connectivity index (χ3v) is 2.71.